The van der Waals surface area contributed by atoms with Gasteiger partial charge in [0, 0.05) is 6.42 Å². The first-order valence-corrected chi connectivity index (χ1v) is 6.47. The summed E-state index contributed by atoms with van der Waals surface area (Å²) in [5.41, 5.74) is -1.61. The Balaban J connectivity index is 2.67. The minimum absolute atomic E-state index is 0.00572. The van der Waals surface area contributed by atoms with Crippen LogP contribution in [0.3, 0.4) is 0 Å². The van der Waals surface area contributed by atoms with Gasteiger partial charge in [0.2, 0.25) is 5.91 Å². The SMILES string of the molecule is CC(C)(CO)NC(=O)CC1(C(=O)O)CCCCC1. The molecule has 1 aliphatic carbocycles. The van der Waals surface area contributed by atoms with Gasteiger partial charge in [-0.15, -0.1) is 0 Å². The van der Waals surface area contributed by atoms with Gasteiger partial charge in [0.05, 0.1) is 17.6 Å². The average Bonchev–Trinajstić information content (AvgIpc) is 2.29. The Morgan fingerprint density at radius 1 is 1.22 bits per heavy atom. The molecular formula is C13H23NO4. The Morgan fingerprint density at radius 3 is 2.22 bits per heavy atom. The number of hydrogen-bond donors (Lipinski definition) is 3. The van der Waals surface area contributed by atoms with E-state index in [0.29, 0.717) is 12.8 Å². The Kier molecular flexibility index (Phi) is 4.73. The predicted molar refractivity (Wildman–Crippen MR) is 67.1 cm³/mol. The smallest absolute Gasteiger partial charge is 0.310 e. The molecule has 0 aromatic rings. The maximum Gasteiger partial charge on any atom is 0.310 e. The number of carboxylic acid groups (broad SMARTS) is 1. The van der Waals surface area contributed by atoms with E-state index in [-0.39, 0.29) is 18.9 Å². The van der Waals surface area contributed by atoms with Crippen LogP contribution in [0.4, 0.5) is 0 Å². The van der Waals surface area contributed by atoms with Crippen LogP contribution in [0.25, 0.3) is 0 Å². The summed E-state index contributed by atoms with van der Waals surface area (Å²) >= 11 is 0. The number of amides is 1. The molecule has 1 rings (SSSR count). The number of hydrogen-bond acceptors (Lipinski definition) is 3. The molecule has 1 amide bonds. The van der Waals surface area contributed by atoms with Crippen molar-refractivity contribution in [2.75, 3.05) is 6.61 Å². The summed E-state index contributed by atoms with van der Waals surface area (Å²) in [4.78, 5) is 23.3. The number of carbonyl (C=O) groups excluding carboxylic acids is 1. The number of rotatable bonds is 5. The molecule has 5 nitrogen and oxygen atoms in total. The largest absolute Gasteiger partial charge is 0.481 e. The minimum atomic E-state index is -0.909. The van der Waals surface area contributed by atoms with Crippen molar-refractivity contribution in [1.82, 2.24) is 5.32 Å². The molecule has 1 aliphatic rings. The summed E-state index contributed by atoms with van der Waals surface area (Å²) in [6.07, 6.45) is 3.90. The monoisotopic (exact) mass is 257 g/mol. The fraction of sp³-hybridized carbons (Fsp3) is 0.846. The molecule has 0 heterocycles. The standard InChI is InChI=1S/C13H23NO4/c1-12(2,9-15)14-10(16)8-13(11(17)18)6-4-3-5-7-13/h15H,3-9H2,1-2H3,(H,14,16)(H,17,18). The number of aliphatic carboxylic acids is 1. The van der Waals surface area contributed by atoms with Gasteiger partial charge in [-0.05, 0) is 26.7 Å². The molecule has 0 bridgehead atoms. The number of aliphatic hydroxyl groups is 1. The first kappa shape index (κ1) is 15.0. The van der Waals surface area contributed by atoms with Crippen LogP contribution in [0.15, 0.2) is 0 Å². The molecular weight excluding hydrogens is 234 g/mol. The van der Waals surface area contributed by atoms with E-state index in [4.69, 9.17) is 5.11 Å². The average molecular weight is 257 g/mol. The van der Waals surface area contributed by atoms with Crippen molar-refractivity contribution in [3.63, 3.8) is 0 Å². The molecule has 3 N–H and O–H groups in total. The predicted octanol–water partition coefficient (Wildman–Crippen LogP) is 1.30. The molecule has 0 radical (unpaired) electrons. The van der Waals surface area contributed by atoms with Gasteiger partial charge in [0.15, 0.2) is 0 Å². The Morgan fingerprint density at radius 2 is 1.78 bits per heavy atom. The second kappa shape index (κ2) is 5.69. The van der Waals surface area contributed by atoms with E-state index in [1.165, 1.54) is 0 Å². The number of carboxylic acids is 1. The van der Waals surface area contributed by atoms with Gasteiger partial charge in [0.25, 0.3) is 0 Å². The molecule has 0 spiro atoms. The molecule has 5 heteroatoms. The molecule has 18 heavy (non-hydrogen) atoms. The van der Waals surface area contributed by atoms with Gasteiger partial charge < -0.3 is 15.5 Å². The lowest BCUT2D eigenvalue weighted by atomic mass is 9.71. The third-order valence-electron chi connectivity index (χ3n) is 3.64. The molecule has 0 aliphatic heterocycles. The first-order valence-electron chi connectivity index (χ1n) is 6.47. The van der Waals surface area contributed by atoms with Gasteiger partial charge in [-0.1, -0.05) is 19.3 Å². The van der Waals surface area contributed by atoms with Gasteiger partial charge in [-0.25, -0.2) is 0 Å². The Hall–Kier alpha value is -1.10. The highest BCUT2D eigenvalue weighted by Gasteiger charge is 2.41. The van der Waals surface area contributed by atoms with E-state index in [0.717, 1.165) is 19.3 Å². The first-order chi connectivity index (χ1) is 8.31. The lowest BCUT2D eigenvalue weighted by Gasteiger charge is -2.34. The summed E-state index contributed by atoms with van der Waals surface area (Å²) in [6.45, 7) is 3.25. The van der Waals surface area contributed by atoms with E-state index in [1.54, 1.807) is 13.8 Å². The molecule has 0 aromatic carbocycles. The molecule has 0 saturated heterocycles. The fourth-order valence-electron chi connectivity index (χ4n) is 2.46. The zero-order valence-electron chi connectivity index (χ0n) is 11.2. The summed E-state index contributed by atoms with van der Waals surface area (Å²) in [5.74, 6) is -1.17. The van der Waals surface area contributed by atoms with E-state index < -0.39 is 16.9 Å². The van der Waals surface area contributed by atoms with E-state index in [1.807, 2.05) is 0 Å². The van der Waals surface area contributed by atoms with Crippen molar-refractivity contribution < 1.29 is 19.8 Å². The van der Waals surface area contributed by atoms with Crippen LogP contribution >= 0.6 is 0 Å². The highest BCUT2D eigenvalue weighted by Crippen LogP contribution is 2.39. The lowest BCUT2D eigenvalue weighted by molar-refractivity contribution is -0.154. The summed E-state index contributed by atoms with van der Waals surface area (Å²) in [5, 5.41) is 21.1. The van der Waals surface area contributed by atoms with Crippen LogP contribution in [0.1, 0.15) is 52.4 Å². The van der Waals surface area contributed by atoms with Gasteiger partial charge in [0.1, 0.15) is 0 Å². The normalized spacial score (nSPS) is 19.3. The second-order valence-corrected chi connectivity index (χ2v) is 5.91. The Bertz CT molecular complexity index is 319. The lowest BCUT2D eigenvalue weighted by Crippen LogP contribution is -2.49. The van der Waals surface area contributed by atoms with Gasteiger partial charge in [-0.2, -0.15) is 0 Å². The minimum Gasteiger partial charge on any atom is -0.481 e. The van der Waals surface area contributed by atoms with E-state index in [2.05, 4.69) is 5.32 Å². The molecule has 0 unspecified atom stereocenters. The molecule has 0 atom stereocenters. The van der Waals surface area contributed by atoms with Crippen molar-refractivity contribution in [1.29, 1.82) is 0 Å². The van der Waals surface area contributed by atoms with Crippen LogP contribution in [-0.4, -0.2) is 34.2 Å². The van der Waals surface area contributed by atoms with Crippen LogP contribution in [0, 0.1) is 5.41 Å². The number of aliphatic hydroxyl groups excluding tert-OH is 1. The maximum absolute atomic E-state index is 11.9. The second-order valence-electron chi connectivity index (χ2n) is 5.91. The van der Waals surface area contributed by atoms with Crippen molar-refractivity contribution in [3.05, 3.63) is 0 Å². The fourth-order valence-corrected chi connectivity index (χ4v) is 2.46. The maximum atomic E-state index is 11.9. The summed E-state index contributed by atoms with van der Waals surface area (Å²) in [6, 6.07) is 0. The zero-order valence-corrected chi connectivity index (χ0v) is 11.2. The van der Waals surface area contributed by atoms with Gasteiger partial charge >= 0.3 is 5.97 Å². The van der Waals surface area contributed by atoms with Crippen molar-refractivity contribution >= 4 is 11.9 Å². The molecule has 1 fully saturated rings. The van der Waals surface area contributed by atoms with Crippen molar-refractivity contribution in [2.24, 2.45) is 5.41 Å². The van der Waals surface area contributed by atoms with Crippen LogP contribution in [0.5, 0.6) is 0 Å². The number of nitrogens with one attached hydrogen (secondary N) is 1. The Labute approximate surface area is 108 Å². The van der Waals surface area contributed by atoms with Crippen molar-refractivity contribution in [3.8, 4) is 0 Å². The summed E-state index contributed by atoms with van der Waals surface area (Å²) in [7, 11) is 0. The van der Waals surface area contributed by atoms with Gasteiger partial charge in [-0.3, -0.25) is 9.59 Å². The molecule has 0 aromatic heterocycles. The third-order valence-corrected chi connectivity index (χ3v) is 3.64. The van der Waals surface area contributed by atoms with Crippen molar-refractivity contribution in [2.45, 2.75) is 57.9 Å². The quantitative estimate of drug-likeness (QED) is 0.693. The zero-order chi connectivity index (χ0) is 13.8. The highest BCUT2D eigenvalue weighted by molar-refractivity contribution is 5.85. The van der Waals surface area contributed by atoms with Crippen LogP contribution in [-0.2, 0) is 9.59 Å². The summed E-state index contributed by atoms with van der Waals surface area (Å²) < 4.78 is 0. The van der Waals surface area contributed by atoms with Crippen LogP contribution < -0.4 is 5.32 Å². The van der Waals surface area contributed by atoms with Crippen LogP contribution in [0.2, 0.25) is 0 Å². The molecule has 1 saturated carbocycles. The highest BCUT2D eigenvalue weighted by atomic mass is 16.4. The number of carbonyl (C=O) groups is 2. The van der Waals surface area contributed by atoms with E-state index >= 15 is 0 Å². The third kappa shape index (κ3) is 3.70. The topological polar surface area (TPSA) is 86.6 Å². The van der Waals surface area contributed by atoms with E-state index in [9.17, 15) is 14.7 Å². The molecule has 104 valence electrons.